The van der Waals surface area contributed by atoms with E-state index in [1.165, 1.54) is 0 Å². The molecule has 0 saturated carbocycles. The predicted octanol–water partition coefficient (Wildman–Crippen LogP) is 3.05. The van der Waals surface area contributed by atoms with Gasteiger partial charge in [0.15, 0.2) is 5.82 Å². The first-order valence-electron chi connectivity index (χ1n) is 6.83. The SMILES string of the molecule is CCOc1cc2c(cc1-c1ncc(I)c(N)n1)OC(C)C2. The minimum Gasteiger partial charge on any atom is -0.493 e. The van der Waals surface area contributed by atoms with Gasteiger partial charge in [-0.1, -0.05) is 0 Å². The molecule has 1 unspecified atom stereocenters. The molecule has 3 rings (SSSR count). The fraction of sp³-hybridized carbons (Fsp3) is 0.333. The Hall–Kier alpha value is -1.57. The number of benzene rings is 1. The van der Waals surface area contributed by atoms with Gasteiger partial charge in [-0.15, -0.1) is 0 Å². The lowest BCUT2D eigenvalue weighted by molar-refractivity contribution is 0.254. The molecule has 2 N–H and O–H groups in total. The Morgan fingerprint density at radius 1 is 1.48 bits per heavy atom. The van der Waals surface area contributed by atoms with E-state index in [2.05, 4.69) is 39.5 Å². The maximum Gasteiger partial charge on any atom is 0.165 e. The van der Waals surface area contributed by atoms with Crippen LogP contribution in [-0.2, 0) is 6.42 Å². The third kappa shape index (κ3) is 2.76. The van der Waals surface area contributed by atoms with Gasteiger partial charge in [0.05, 0.1) is 15.7 Å². The number of halogens is 1. The van der Waals surface area contributed by atoms with Gasteiger partial charge in [-0.05, 0) is 48.6 Å². The normalized spacial score (nSPS) is 16.4. The first-order valence-corrected chi connectivity index (χ1v) is 7.91. The number of ether oxygens (including phenoxy) is 2. The summed E-state index contributed by atoms with van der Waals surface area (Å²) >= 11 is 2.11. The first-order chi connectivity index (χ1) is 10.1. The molecule has 1 aliphatic heterocycles. The van der Waals surface area contributed by atoms with E-state index in [1.807, 2.05) is 19.1 Å². The van der Waals surface area contributed by atoms with Gasteiger partial charge in [-0.25, -0.2) is 9.97 Å². The summed E-state index contributed by atoms with van der Waals surface area (Å²) in [5.41, 5.74) is 7.86. The molecule has 0 amide bonds. The highest BCUT2D eigenvalue weighted by Gasteiger charge is 2.23. The lowest BCUT2D eigenvalue weighted by Gasteiger charge is -2.12. The van der Waals surface area contributed by atoms with Crippen molar-refractivity contribution in [2.45, 2.75) is 26.4 Å². The molecule has 0 spiro atoms. The number of hydrogen-bond donors (Lipinski definition) is 1. The molecule has 6 heteroatoms. The third-order valence-corrected chi connectivity index (χ3v) is 4.14. The number of rotatable bonds is 3. The van der Waals surface area contributed by atoms with Gasteiger partial charge in [0.2, 0.25) is 0 Å². The quantitative estimate of drug-likeness (QED) is 0.807. The van der Waals surface area contributed by atoms with Crippen molar-refractivity contribution in [2.75, 3.05) is 12.3 Å². The van der Waals surface area contributed by atoms with Gasteiger partial charge in [0.25, 0.3) is 0 Å². The van der Waals surface area contributed by atoms with Crippen molar-refractivity contribution in [1.29, 1.82) is 0 Å². The number of nitrogen functional groups attached to an aromatic ring is 1. The van der Waals surface area contributed by atoms with Crippen LogP contribution in [-0.4, -0.2) is 22.7 Å². The van der Waals surface area contributed by atoms with Crippen molar-refractivity contribution in [3.8, 4) is 22.9 Å². The molecule has 2 aromatic rings. The average Bonchev–Trinajstić information content (AvgIpc) is 2.80. The van der Waals surface area contributed by atoms with Crippen LogP contribution in [0.2, 0.25) is 0 Å². The van der Waals surface area contributed by atoms with Gasteiger partial charge < -0.3 is 15.2 Å². The van der Waals surface area contributed by atoms with Crippen molar-refractivity contribution < 1.29 is 9.47 Å². The maximum atomic E-state index is 5.89. The molecule has 5 nitrogen and oxygen atoms in total. The van der Waals surface area contributed by atoms with Crippen LogP contribution in [0.15, 0.2) is 18.3 Å². The zero-order valence-corrected chi connectivity index (χ0v) is 14.0. The van der Waals surface area contributed by atoms with E-state index in [4.69, 9.17) is 15.2 Å². The minimum atomic E-state index is 0.187. The standard InChI is InChI=1S/C15H16IN3O2/c1-3-20-13-5-9-4-8(2)21-12(9)6-10(13)15-18-7-11(16)14(17)19-15/h5-8H,3-4H2,1-2H3,(H2,17,18,19). The summed E-state index contributed by atoms with van der Waals surface area (Å²) in [6.45, 7) is 4.60. The lowest BCUT2D eigenvalue weighted by atomic mass is 10.1. The number of hydrogen-bond acceptors (Lipinski definition) is 5. The Labute approximate surface area is 137 Å². The number of fused-ring (bicyclic) bond motifs is 1. The van der Waals surface area contributed by atoms with Crippen LogP contribution in [0.25, 0.3) is 11.4 Å². The van der Waals surface area contributed by atoms with Crippen molar-refractivity contribution >= 4 is 28.4 Å². The first kappa shape index (κ1) is 14.4. The molecule has 21 heavy (non-hydrogen) atoms. The van der Waals surface area contributed by atoms with E-state index in [0.717, 1.165) is 32.6 Å². The van der Waals surface area contributed by atoms with Gasteiger partial charge in [-0.2, -0.15) is 0 Å². The summed E-state index contributed by atoms with van der Waals surface area (Å²) < 4.78 is 12.4. The maximum absolute atomic E-state index is 5.89. The van der Waals surface area contributed by atoms with Crippen LogP contribution >= 0.6 is 22.6 Å². The summed E-state index contributed by atoms with van der Waals surface area (Å²) in [6, 6.07) is 3.97. The molecule has 0 radical (unpaired) electrons. The molecule has 2 heterocycles. The minimum absolute atomic E-state index is 0.187. The summed E-state index contributed by atoms with van der Waals surface area (Å²) in [5.74, 6) is 2.68. The molecule has 1 aromatic heterocycles. The van der Waals surface area contributed by atoms with Crippen molar-refractivity contribution in [3.63, 3.8) is 0 Å². The largest absolute Gasteiger partial charge is 0.493 e. The van der Waals surface area contributed by atoms with Crippen LogP contribution < -0.4 is 15.2 Å². The van der Waals surface area contributed by atoms with Gasteiger partial charge in [0, 0.05) is 18.2 Å². The van der Waals surface area contributed by atoms with Gasteiger partial charge in [0.1, 0.15) is 23.4 Å². The molecular formula is C15H16IN3O2. The van der Waals surface area contributed by atoms with E-state index >= 15 is 0 Å². The van der Waals surface area contributed by atoms with Crippen molar-refractivity contribution in [1.82, 2.24) is 9.97 Å². The zero-order valence-electron chi connectivity index (χ0n) is 11.9. The topological polar surface area (TPSA) is 70.3 Å². The summed E-state index contributed by atoms with van der Waals surface area (Å²) in [6.07, 6.45) is 2.79. The van der Waals surface area contributed by atoms with Crippen LogP contribution in [0.4, 0.5) is 5.82 Å². The smallest absolute Gasteiger partial charge is 0.165 e. The van der Waals surface area contributed by atoms with Crippen LogP contribution in [0.5, 0.6) is 11.5 Å². The second-order valence-corrected chi connectivity index (χ2v) is 6.11. The zero-order chi connectivity index (χ0) is 15.0. The van der Waals surface area contributed by atoms with Crippen LogP contribution in [0.3, 0.4) is 0 Å². The monoisotopic (exact) mass is 397 g/mol. The highest BCUT2D eigenvalue weighted by molar-refractivity contribution is 14.1. The molecule has 1 aromatic carbocycles. The van der Waals surface area contributed by atoms with E-state index in [1.54, 1.807) is 6.20 Å². The third-order valence-electron chi connectivity index (χ3n) is 3.31. The lowest BCUT2D eigenvalue weighted by Crippen LogP contribution is -2.05. The molecule has 1 aliphatic rings. The summed E-state index contributed by atoms with van der Waals surface area (Å²) in [5, 5.41) is 0. The van der Waals surface area contributed by atoms with Crippen LogP contribution in [0.1, 0.15) is 19.4 Å². The summed E-state index contributed by atoms with van der Waals surface area (Å²) in [4.78, 5) is 8.72. The van der Waals surface area contributed by atoms with E-state index in [0.29, 0.717) is 18.2 Å². The highest BCUT2D eigenvalue weighted by atomic mass is 127. The molecule has 0 saturated heterocycles. The Morgan fingerprint density at radius 2 is 2.29 bits per heavy atom. The number of nitrogens with zero attached hydrogens (tertiary/aromatic N) is 2. The molecule has 0 fully saturated rings. The van der Waals surface area contributed by atoms with Crippen molar-refractivity contribution in [2.24, 2.45) is 0 Å². The van der Waals surface area contributed by atoms with E-state index < -0.39 is 0 Å². The second kappa shape index (κ2) is 5.67. The Bertz CT molecular complexity index is 691. The molecule has 0 aliphatic carbocycles. The fourth-order valence-electron chi connectivity index (χ4n) is 2.40. The number of nitrogens with two attached hydrogens (primary N) is 1. The van der Waals surface area contributed by atoms with Gasteiger partial charge >= 0.3 is 0 Å². The number of aromatic nitrogens is 2. The number of anilines is 1. The fourth-order valence-corrected chi connectivity index (χ4v) is 2.66. The Morgan fingerprint density at radius 3 is 3.00 bits per heavy atom. The molecular weight excluding hydrogens is 381 g/mol. The van der Waals surface area contributed by atoms with E-state index in [-0.39, 0.29) is 6.10 Å². The average molecular weight is 397 g/mol. The Kier molecular flexibility index (Phi) is 3.88. The highest BCUT2D eigenvalue weighted by Crippen LogP contribution is 2.39. The summed E-state index contributed by atoms with van der Waals surface area (Å²) in [7, 11) is 0. The molecule has 0 bridgehead atoms. The Balaban J connectivity index is 2.11. The van der Waals surface area contributed by atoms with Crippen molar-refractivity contribution in [3.05, 3.63) is 27.5 Å². The molecule has 110 valence electrons. The van der Waals surface area contributed by atoms with Crippen LogP contribution in [0, 0.1) is 3.57 Å². The second-order valence-electron chi connectivity index (χ2n) is 4.95. The van der Waals surface area contributed by atoms with Gasteiger partial charge in [-0.3, -0.25) is 0 Å². The predicted molar refractivity (Wildman–Crippen MR) is 89.6 cm³/mol. The molecule has 1 atom stereocenters. The van der Waals surface area contributed by atoms with E-state index in [9.17, 15) is 0 Å².